The fraction of sp³-hybridized carbons (Fsp3) is 0.765. The van der Waals surface area contributed by atoms with E-state index in [1.54, 1.807) is 0 Å². The molecule has 8 nitrogen and oxygen atoms in total. The lowest BCUT2D eigenvalue weighted by Gasteiger charge is -2.35. The molecule has 4 atom stereocenters. The van der Waals surface area contributed by atoms with Crippen LogP contribution in [0.25, 0.3) is 0 Å². The summed E-state index contributed by atoms with van der Waals surface area (Å²) in [4.78, 5) is 45.1. The average Bonchev–Trinajstić information content (AvgIpc) is 2.60. The highest BCUT2D eigenvalue weighted by atomic mass is 16.4. The van der Waals surface area contributed by atoms with Crippen LogP contribution < -0.4 is 0 Å². The Balaban J connectivity index is 3.15. The maximum atomic E-state index is 11.3. The van der Waals surface area contributed by atoms with Crippen LogP contribution in [0.3, 0.4) is 0 Å². The molecule has 1 saturated carbocycles. The standard InChI is InChI=1S/C17H26O8/c1-8-4-3-5-9(2)11(7-13(16(22)23)17(24)25)10(8)6-12(14(18)19)15(20)21/h8-13H,3-7H2,1-2H3,(H,18,19)(H,20,21)(H,22,23)(H,24,25). The Morgan fingerprint density at radius 3 is 1.24 bits per heavy atom. The molecule has 1 rings (SSSR count). The zero-order valence-electron chi connectivity index (χ0n) is 14.4. The third-order valence-electron chi connectivity index (χ3n) is 5.54. The summed E-state index contributed by atoms with van der Waals surface area (Å²) < 4.78 is 0. The van der Waals surface area contributed by atoms with E-state index >= 15 is 0 Å². The van der Waals surface area contributed by atoms with Gasteiger partial charge in [-0.3, -0.25) is 19.2 Å². The van der Waals surface area contributed by atoms with Gasteiger partial charge >= 0.3 is 23.9 Å². The second-order valence-corrected chi connectivity index (χ2v) is 7.14. The Bertz CT molecular complexity index is 455. The van der Waals surface area contributed by atoms with Crippen LogP contribution >= 0.6 is 0 Å². The summed E-state index contributed by atoms with van der Waals surface area (Å²) in [7, 11) is 0. The van der Waals surface area contributed by atoms with Gasteiger partial charge in [-0.2, -0.15) is 0 Å². The number of carbonyl (C=O) groups is 4. The molecule has 142 valence electrons. The Morgan fingerprint density at radius 2 is 1.00 bits per heavy atom. The van der Waals surface area contributed by atoms with E-state index in [2.05, 4.69) is 0 Å². The highest BCUT2D eigenvalue weighted by Crippen LogP contribution is 2.43. The van der Waals surface area contributed by atoms with Gasteiger partial charge in [0.2, 0.25) is 0 Å². The molecule has 1 aliphatic rings. The molecule has 0 aromatic rings. The van der Waals surface area contributed by atoms with Crippen LogP contribution in [0.15, 0.2) is 0 Å². The van der Waals surface area contributed by atoms with Crippen LogP contribution in [0, 0.1) is 35.5 Å². The molecule has 4 unspecified atom stereocenters. The summed E-state index contributed by atoms with van der Waals surface area (Å²) in [5, 5.41) is 36.7. The summed E-state index contributed by atoms with van der Waals surface area (Å²) in [6, 6.07) is 0. The average molecular weight is 358 g/mol. The first-order valence-corrected chi connectivity index (χ1v) is 8.47. The van der Waals surface area contributed by atoms with Crippen LogP contribution in [-0.2, 0) is 19.2 Å². The Hall–Kier alpha value is -2.12. The lowest BCUT2D eigenvalue weighted by atomic mass is 9.69. The van der Waals surface area contributed by atoms with Crippen molar-refractivity contribution in [3.8, 4) is 0 Å². The van der Waals surface area contributed by atoms with Crippen molar-refractivity contribution in [1.29, 1.82) is 0 Å². The van der Waals surface area contributed by atoms with Gasteiger partial charge in [-0.15, -0.1) is 0 Å². The topological polar surface area (TPSA) is 149 Å². The zero-order chi connectivity index (χ0) is 19.3. The molecule has 0 radical (unpaired) electrons. The Morgan fingerprint density at radius 1 is 0.720 bits per heavy atom. The molecule has 25 heavy (non-hydrogen) atoms. The molecule has 1 fully saturated rings. The Kier molecular flexibility index (Phi) is 7.38. The number of hydrogen-bond donors (Lipinski definition) is 4. The van der Waals surface area contributed by atoms with Crippen LogP contribution in [-0.4, -0.2) is 44.3 Å². The van der Waals surface area contributed by atoms with Crippen molar-refractivity contribution in [2.45, 2.75) is 46.0 Å². The number of carboxylic acid groups (broad SMARTS) is 4. The van der Waals surface area contributed by atoms with E-state index in [-0.39, 0.29) is 36.5 Å². The van der Waals surface area contributed by atoms with Crippen LogP contribution in [0.2, 0.25) is 0 Å². The predicted octanol–water partition coefficient (Wildman–Crippen LogP) is 2.03. The third kappa shape index (κ3) is 5.44. The minimum atomic E-state index is -1.58. The van der Waals surface area contributed by atoms with Crippen molar-refractivity contribution in [1.82, 2.24) is 0 Å². The minimum Gasteiger partial charge on any atom is -0.481 e. The van der Waals surface area contributed by atoms with Crippen LogP contribution in [0.4, 0.5) is 0 Å². The SMILES string of the molecule is CC1CCCC(C)C(CC(C(=O)O)C(=O)O)C1CC(C(=O)O)C(=O)O. The molecule has 0 aliphatic heterocycles. The van der Waals surface area contributed by atoms with Crippen molar-refractivity contribution in [2.24, 2.45) is 35.5 Å². The van der Waals surface area contributed by atoms with E-state index in [1.165, 1.54) is 0 Å². The fourth-order valence-electron chi connectivity index (χ4n) is 4.01. The van der Waals surface area contributed by atoms with Gasteiger partial charge in [-0.05, 0) is 36.5 Å². The first-order valence-electron chi connectivity index (χ1n) is 8.47. The van der Waals surface area contributed by atoms with E-state index in [0.717, 1.165) is 19.3 Å². The van der Waals surface area contributed by atoms with Gasteiger partial charge in [0.1, 0.15) is 0 Å². The molecule has 0 aromatic carbocycles. The first kappa shape index (κ1) is 20.9. The minimum absolute atomic E-state index is 0.000565. The fourth-order valence-corrected chi connectivity index (χ4v) is 4.01. The summed E-state index contributed by atoms with van der Waals surface area (Å²) in [5.74, 6) is -9.56. The lowest BCUT2D eigenvalue weighted by Crippen LogP contribution is -2.36. The highest BCUT2D eigenvalue weighted by molar-refractivity contribution is 5.93. The quantitative estimate of drug-likeness (QED) is 0.380. The van der Waals surface area contributed by atoms with Gasteiger partial charge in [0.15, 0.2) is 11.8 Å². The number of aliphatic carboxylic acids is 4. The maximum Gasteiger partial charge on any atom is 0.317 e. The van der Waals surface area contributed by atoms with Crippen LogP contribution in [0.1, 0.15) is 46.0 Å². The smallest absolute Gasteiger partial charge is 0.317 e. The molecule has 0 saturated heterocycles. The van der Waals surface area contributed by atoms with Crippen molar-refractivity contribution in [2.75, 3.05) is 0 Å². The van der Waals surface area contributed by atoms with Gasteiger partial charge in [0.25, 0.3) is 0 Å². The molecule has 0 heterocycles. The van der Waals surface area contributed by atoms with Crippen LogP contribution in [0.5, 0.6) is 0 Å². The molecule has 0 amide bonds. The maximum absolute atomic E-state index is 11.3. The van der Waals surface area contributed by atoms with Crippen molar-refractivity contribution >= 4 is 23.9 Å². The number of rotatable bonds is 8. The van der Waals surface area contributed by atoms with E-state index < -0.39 is 35.7 Å². The second kappa shape index (κ2) is 8.82. The first-order chi connectivity index (χ1) is 11.6. The van der Waals surface area contributed by atoms with Gasteiger partial charge < -0.3 is 20.4 Å². The van der Waals surface area contributed by atoms with Gasteiger partial charge in [0.05, 0.1) is 0 Å². The molecule has 1 aliphatic carbocycles. The van der Waals surface area contributed by atoms with Crippen molar-refractivity contribution < 1.29 is 39.6 Å². The molecular weight excluding hydrogens is 332 g/mol. The summed E-state index contributed by atoms with van der Waals surface area (Å²) in [6.45, 7) is 3.79. The molecule has 4 N–H and O–H groups in total. The Labute approximate surface area is 145 Å². The van der Waals surface area contributed by atoms with E-state index in [9.17, 15) is 39.6 Å². The van der Waals surface area contributed by atoms with Gasteiger partial charge in [-0.25, -0.2) is 0 Å². The van der Waals surface area contributed by atoms with Gasteiger partial charge in [-0.1, -0.05) is 33.1 Å². The molecule has 0 bridgehead atoms. The number of carboxylic acids is 4. The molecular formula is C17H26O8. The highest BCUT2D eigenvalue weighted by Gasteiger charge is 2.41. The number of hydrogen-bond acceptors (Lipinski definition) is 4. The van der Waals surface area contributed by atoms with Gasteiger partial charge in [0, 0.05) is 0 Å². The van der Waals surface area contributed by atoms with E-state index in [0.29, 0.717) is 0 Å². The largest absolute Gasteiger partial charge is 0.481 e. The van der Waals surface area contributed by atoms with Crippen molar-refractivity contribution in [3.63, 3.8) is 0 Å². The van der Waals surface area contributed by atoms with E-state index in [1.807, 2.05) is 13.8 Å². The summed E-state index contributed by atoms with van der Waals surface area (Å²) >= 11 is 0. The van der Waals surface area contributed by atoms with E-state index in [4.69, 9.17) is 0 Å². The monoisotopic (exact) mass is 358 g/mol. The third-order valence-corrected chi connectivity index (χ3v) is 5.54. The summed E-state index contributed by atoms with van der Waals surface area (Å²) in [6.07, 6.45) is 2.19. The normalized spacial score (nSPS) is 27.0. The lowest BCUT2D eigenvalue weighted by molar-refractivity contribution is -0.159. The molecule has 0 aromatic heterocycles. The predicted molar refractivity (Wildman–Crippen MR) is 85.9 cm³/mol. The summed E-state index contributed by atoms with van der Waals surface area (Å²) in [5.41, 5.74) is 0. The molecule has 0 spiro atoms. The zero-order valence-corrected chi connectivity index (χ0v) is 14.4. The van der Waals surface area contributed by atoms with Crippen molar-refractivity contribution in [3.05, 3.63) is 0 Å². The second-order valence-electron chi connectivity index (χ2n) is 7.14. The molecule has 8 heteroatoms.